The van der Waals surface area contributed by atoms with Gasteiger partial charge in [0.1, 0.15) is 17.2 Å². The number of carbonyl (C=O) groups excluding carboxylic acids is 1. The van der Waals surface area contributed by atoms with Crippen LogP contribution in [0.4, 0.5) is 5.82 Å². The molecular formula is C26H25ClN2O3. The van der Waals surface area contributed by atoms with Gasteiger partial charge in [-0.25, -0.2) is 4.98 Å². The minimum Gasteiger partial charge on any atom is -0.508 e. The Morgan fingerprint density at radius 1 is 1.28 bits per heavy atom. The van der Waals surface area contributed by atoms with Crippen molar-refractivity contribution in [2.45, 2.75) is 50.0 Å². The van der Waals surface area contributed by atoms with Gasteiger partial charge in [0.05, 0.1) is 0 Å². The summed E-state index contributed by atoms with van der Waals surface area (Å²) < 4.78 is 0. The second-order valence-corrected chi connectivity index (χ2v) is 8.69. The highest BCUT2D eigenvalue weighted by Crippen LogP contribution is 2.52. The number of fused-ring (bicyclic) bond motifs is 3. The largest absolute Gasteiger partial charge is 0.508 e. The van der Waals surface area contributed by atoms with Gasteiger partial charge >= 0.3 is 0 Å². The number of benzene rings is 1. The Bertz CT molecular complexity index is 1160. The van der Waals surface area contributed by atoms with Crippen molar-refractivity contribution in [2.75, 3.05) is 5.32 Å². The minimum atomic E-state index is -1.21. The predicted molar refractivity (Wildman–Crippen MR) is 126 cm³/mol. The van der Waals surface area contributed by atoms with Gasteiger partial charge in [-0.1, -0.05) is 23.8 Å². The first kappa shape index (κ1) is 22.1. The molecular weight excluding hydrogens is 424 g/mol. The van der Waals surface area contributed by atoms with Crippen molar-refractivity contribution < 1.29 is 15.0 Å². The van der Waals surface area contributed by atoms with Crippen molar-refractivity contribution in [3.8, 4) is 17.0 Å². The van der Waals surface area contributed by atoms with Crippen molar-refractivity contribution >= 4 is 29.4 Å². The molecule has 0 saturated heterocycles. The van der Waals surface area contributed by atoms with Gasteiger partial charge in [-0.2, -0.15) is 0 Å². The van der Waals surface area contributed by atoms with Gasteiger partial charge in [-0.05, 0) is 96.7 Å². The van der Waals surface area contributed by atoms with Gasteiger partial charge in [0.15, 0.2) is 0 Å². The molecule has 0 saturated carbocycles. The summed E-state index contributed by atoms with van der Waals surface area (Å²) in [5.74, 6) is 3.38. The fourth-order valence-corrected chi connectivity index (χ4v) is 5.05. The van der Waals surface area contributed by atoms with Gasteiger partial charge in [0.25, 0.3) is 0 Å². The molecule has 5 nitrogen and oxygen atoms in total. The average Bonchev–Trinajstić information content (AvgIpc) is 2.75. The van der Waals surface area contributed by atoms with E-state index in [-0.39, 0.29) is 17.1 Å². The molecule has 0 bridgehead atoms. The number of amides is 1. The zero-order valence-corrected chi connectivity index (χ0v) is 18.6. The topological polar surface area (TPSA) is 82.5 Å². The van der Waals surface area contributed by atoms with Crippen molar-refractivity contribution in [1.29, 1.82) is 0 Å². The van der Waals surface area contributed by atoms with E-state index in [1.54, 1.807) is 18.3 Å². The Labute approximate surface area is 192 Å². The van der Waals surface area contributed by atoms with Crippen LogP contribution in [-0.4, -0.2) is 26.7 Å². The lowest BCUT2D eigenvalue weighted by molar-refractivity contribution is -0.114. The van der Waals surface area contributed by atoms with Gasteiger partial charge < -0.3 is 15.5 Å². The Hall–Kier alpha value is -3.07. The molecule has 6 heteroatoms. The van der Waals surface area contributed by atoms with E-state index in [0.29, 0.717) is 12.2 Å². The number of phenolic OH excluding ortho intramolecular Hbond substituents is 1. The molecule has 0 aliphatic heterocycles. The van der Waals surface area contributed by atoms with E-state index in [4.69, 9.17) is 11.6 Å². The van der Waals surface area contributed by atoms with E-state index in [0.717, 1.165) is 42.4 Å². The lowest BCUT2D eigenvalue weighted by Crippen LogP contribution is -2.42. The van der Waals surface area contributed by atoms with Crippen LogP contribution in [0.15, 0.2) is 54.3 Å². The third-order valence-electron chi connectivity index (χ3n) is 6.36. The Morgan fingerprint density at radius 3 is 2.84 bits per heavy atom. The quantitative estimate of drug-likeness (QED) is 0.468. The van der Waals surface area contributed by atoms with E-state index < -0.39 is 5.60 Å². The number of pyridine rings is 1. The Balaban J connectivity index is 1.66. The molecule has 2 aromatic rings. The van der Waals surface area contributed by atoms with E-state index in [2.05, 4.69) is 27.7 Å². The van der Waals surface area contributed by atoms with Crippen LogP contribution in [-0.2, 0) is 16.6 Å². The summed E-state index contributed by atoms with van der Waals surface area (Å²) in [6, 6.07) is 9.27. The van der Waals surface area contributed by atoms with Crippen LogP contribution < -0.4 is 5.32 Å². The summed E-state index contributed by atoms with van der Waals surface area (Å²) in [6.45, 7) is 1.45. The first-order chi connectivity index (χ1) is 15.3. The molecule has 1 aromatic heterocycles. The highest BCUT2D eigenvalue weighted by atomic mass is 35.5. The smallest absolute Gasteiger partial charge is 0.222 e. The second kappa shape index (κ2) is 8.82. The molecule has 3 N–H and O–H groups in total. The minimum absolute atomic E-state index is 0.155. The van der Waals surface area contributed by atoms with Crippen molar-refractivity contribution in [2.24, 2.45) is 0 Å². The fourth-order valence-electron chi connectivity index (χ4n) is 4.88. The summed E-state index contributed by atoms with van der Waals surface area (Å²) in [4.78, 5) is 15.4. The van der Waals surface area contributed by atoms with Gasteiger partial charge in [-0.3, -0.25) is 4.79 Å². The number of aryl methyl sites for hydroxylation is 1. The number of hydrogen-bond donors (Lipinski definition) is 3. The van der Waals surface area contributed by atoms with Crippen LogP contribution in [0.1, 0.15) is 49.3 Å². The first-order valence-corrected chi connectivity index (χ1v) is 11.0. The summed E-state index contributed by atoms with van der Waals surface area (Å²) in [5.41, 5.74) is 2.96. The number of aromatic hydroxyl groups is 1. The SMILES string of the molecule is CC(=O)Nc1ccc(C=CCC23CC[C@](O)(C#CCl)C=C2CCc2cc(O)ccc23)cn1. The average molecular weight is 449 g/mol. The standard InChI is InChI=1S/C26H25ClN2O3/c1-18(30)29-24-9-4-19(17-28-24)3-2-10-26-12-11-25(32,13-14-27)16-21(26)6-5-20-15-22(31)7-8-23(20)26/h2-4,7-9,15-17,31-32H,5-6,10-12H2,1H3,(H,28,29,30)/t25-,26?/m0/s1. The lowest BCUT2D eigenvalue weighted by Gasteiger charge is -2.46. The molecule has 1 heterocycles. The molecule has 164 valence electrons. The maximum absolute atomic E-state index is 11.2. The maximum atomic E-state index is 11.2. The number of rotatable bonds is 4. The first-order valence-electron chi connectivity index (χ1n) is 10.6. The number of nitrogens with one attached hydrogen (secondary N) is 1. The summed E-state index contributed by atoms with van der Waals surface area (Å²) in [6.07, 6.45) is 11.3. The Kier molecular flexibility index (Phi) is 6.10. The molecule has 0 fully saturated rings. The van der Waals surface area contributed by atoms with Gasteiger partial charge in [0.2, 0.25) is 5.91 Å². The summed E-state index contributed by atoms with van der Waals surface area (Å²) in [7, 11) is 0. The maximum Gasteiger partial charge on any atom is 0.222 e. The van der Waals surface area contributed by atoms with Crippen LogP contribution in [0.3, 0.4) is 0 Å². The number of halogens is 1. The van der Waals surface area contributed by atoms with E-state index >= 15 is 0 Å². The highest BCUT2D eigenvalue weighted by molar-refractivity contribution is 6.30. The van der Waals surface area contributed by atoms with Crippen molar-refractivity contribution in [3.63, 3.8) is 0 Å². The van der Waals surface area contributed by atoms with Gasteiger partial charge in [-0.15, -0.1) is 0 Å². The number of anilines is 1. The van der Waals surface area contributed by atoms with Crippen LogP contribution in [0, 0.1) is 11.3 Å². The molecule has 2 atom stereocenters. The third-order valence-corrected chi connectivity index (χ3v) is 6.45. The van der Waals surface area contributed by atoms with E-state index in [1.807, 2.05) is 30.4 Å². The van der Waals surface area contributed by atoms with Gasteiger partial charge in [0, 0.05) is 23.9 Å². The molecule has 4 rings (SSSR count). The molecule has 1 unspecified atom stereocenters. The molecule has 1 aromatic carbocycles. The molecule has 0 radical (unpaired) electrons. The monoisotopic (exact) mass is 448 g/mol. The molecule has 2 aliphatic rings. The number of allylic oxidation sites excluding steroid dienone is 2. The second-order valence-electron chi connectivity index (χ2n) is 8.50. The summed E-state index contributed by atoms with van der Waals surface area (Å²) in [5, 5.41) is 25.9. The number of nitrogens with zero attached hydrogens (tertiary/aromatic N) is 1. The molecule has 0 spiro atoms. The van der Waals surface area contributed by atoms with Crippen LogP contribution in [0.2, 0.25) is 0 Å². The fraction of sp³-hybridized carbons (Fsp3) is 0.308. The number of hydrogen-bond acceptors (Lipinski definition) is 4. The normalized spacial score (nSPS) is 24.0. The molecule has 2 aliphatic carbocycles. The number of aromatic nitrogens is 1. The van der Waals surface area contributed by atoms with E-state index in [9.17, 15) is 15.0 Å². The third kappa shape index (κ3) is 4.43. The lowest BCUT2D eigenvalue weighted by atomic mass is 9.58. The van der Waals surface area contributed by atoms with Crippen LogP contribution in [0.5, 0.6) is 5.75 Å². The zero-order valence-electron chi connectivity index (χ0n) is 17.9. The zero-order chi connectivity index (χ0) is 22.8. The van der Waals surface area contributed by atoms with Crippen molar-refractivity contribution in [1.82, 2.24) is 4.98 Å². The molecule has 32 heavy (non-hydrogen) atoms. The number of aliphatic hydroxyl groups is 1. The summed E-state index contributed by atoms with van der Waals surface area (Å²) >= 11 is 5.60. The highest BCUT2D eigenvalue weighted by Gasteiger charge is 2.45. The molecule has 1 amide bonds. The van der Waals surface area contributed by atoms with Crippen LogP contribution in [0.25, 0.3) is 6.08 Å². The number of carbonyl (C=O) groups is 1. The number of phenols is 1. The van der Waals surface area contributed by atoms with Crippen molar-refractivity contribution in [3.05, 3.63) is 70.9 Å². The Morgan fingerprint density at radius 2 is 2.12 bits per heavy atom. The van der Waals surface area contributed by atoms with E-state index in [1.165, 1.54) is 12.5 Å². The predicted octanol–water partition coefficient (Wildman–Crippen LogP) is 4.68. The van der Waals surface area contributed by atoms with Crippen LogP contribution >= 0.6 is 11.6 Å².